The van der Waals surface area contributed by atoms with Crippen molar-refractivity contribution in [3.63, 3.8) is 0 Å². The van der Waals surface area contributed by atoms with E-state index in [2.05, 4.69) is 20.8 Å². The number of sulfonamides is 1. The maximum atomic E-state index is 12.7. The molecule has 0 spiro atoms. The van der Waals surface area contributed by atoms with Gasteiger partial charge in [0, 0.05) is 17.5 Å². The van der Waals surface area contributed by atoms with Gasteiger partial charge in [-0.3, -0.25) is 4.79 Å². The second-order valence-electron chi connectivity index (χ2n) is 6.09. The Bertz CT molecular complexity index is 651. The van der Waals surface area contributed by atoms with E-state index in [0.29, 0.717) is 28.1 Å². The monoisotopic (exact) mass is 330 g/mol. The van der Waals surface area contributed by atoms with E-state index < -0.39 is 10.0 Å². The Kier molecular flexibility index (Phi) is 4.46. The number of aryl methyl sites for hydroxylation is 1. The Balaban J connectivity index is 2.32. The minimum absolute atomic E-state index is 0.0570. The predicted octanol–water partition coefficient (Wildman–Crippen LogP) is 2.21. The van der Waals surface area contributed by atoms with E-state index in [1.165, 1.54) is 17.4 Å². The lowest BCUT2D eigenvalue weighted by atomic mass is 9.86. The van der Waals surface area contributed by atoms with Crippen LogP contribution in [0, 0.1) is 18.8 Å². The summed E-state index contributed by atoms with van der Waals surface area (Å²) in [7, 11) is -3.77. The second kappa shape index (κ2) is 5.70. The summed E-state index contributed by atoms with van der Waals surface area (Å²) in [5.74, 6) is 0.805. The molecule has 0 aromatic carbocycles. The van der Waals surface area contributed by atoms with Gasteiger partial charge in [-0.2, -0.15) is 0 Å². The van der Waals surface area contributed by atoms with Gasteiger partial charge in [0.15, 0.2) is 0 Å². The van der Waals surface area contributed by atoms with E-state index >= 15 is 0 Å². The fourth-order valence-corrected chi connectivity index (χ4v) is 5.08. The number of nitrogens with two attached hydrogens (primary N) is 1. The third kappa shape index (κ3) is 3.30. The first-order chi connectivity index (χ1) is 9.61. The van der Waals surface area contributed by atoms with Gasteiger partial charge < -0.3 is 4.90 Å². The van der Waals surface area contributed by atoms with Gasteiger partial charge in [0.1, 0.15) is 0 Å². The van der Waals surface area contributed by atoms with Gasteiger partial charge >= 0.3 is 0 Å². The molecule has 3 atom stereocenters. The van der Waals surface area contributed by atoms with Crippen LogP contribution in [0.3, 0.4) is 0 Å². The smallest absolute Gasteiger partial charge is 0.264 e. The highest BCUT2D eigenvalue weighted by Crippen LogP contribution is 2.31. The zero-order chi connectivity index (χ0) is 15.9. The van der Waals surface area contributed by atoms with Crippen LogP contribution in [-0.2, 0) is 10.0 Å². The van der Waals surface area contributed by atoms with Crippen molar-refractivity contribution in [2.45, 2.75) is 45.1 Å². The van der Waals surface area contributed by atoms with Crippen LogP contribution in [0.4, 0.5) is 0 Å². The molecule has 2 N–H and O–H groups in total. The average molecular weight is 330 g/mol. The van der Waals surface area contributed by atoms with Crippen LogP contribution in [0.2, 0.25) is 0 Å². The molecule has 118 valence electrons. The highest BCUT2D eigenvalue weighted by Gasteiger charge is 2.33. The van der Waals surface area contributed by atoms with Crippen molar-refractivity contribution in [3.05, 3.63) is 15.8 Å². The highest BCUT2D eigenvalue weighted by molar-refractivity contribution is 7.89. The molecule has 1 amide bonds. The number of hydrogen-bond acceptors (Lipinski definition) is 4. The summed E-state index contributed by atoms with van der Waals surface area (Å²) in [5, 5.41) is 5.17. The third-order valence-electron chi connectivity index (χ3n) is 4.25. The Hall–Kier alpha value is -0.920. The van der Waals surface area contributed by atoms with Crippen molar-refractivity contribution in [2.24, 2.45) is 17.0 Å². The van der Waals surface area contributed by atoms with Crippen molar-refractivity contribution >= 4 is 27.3 Å². The van der Waals surface area contributed by atoms with Gasteiger partial charge in [0.2, 0.25) is 10.0 Å². The number of carbonyl (C=O) groups excluding carboxylic acids is 1. The molecule has 1 aromatic rings. The van der Waals surface area contributed by atoms with E-state index in [1.54, 1.807) is 6.92 Å². The van der Waals surface area contributed by atoms with Gasteiger partial charge in [0.05, 0.1) is 9.77 Å². The summed E-state index contributed by atoms with van der Waals surface area (Å²) in [6.07, 6.45) is 1.11. The third-order valence-corrected chi connectivity index (χ3v) is 6.45. The minimum atomic E-state index is -3.77. The Labute approximate surface area is 130 Å². The maximum absolute atomic E-state index is 12.7. The molecule has 21 heavy (non-hydrogen) atoms. The number of nitrogens with zero attached hydrogens (tertiary/aromatic N) is 1. The quantitative estimate of drug-likeness (QED) is 0.903. The molecule has 1 aliphatic heterocycles. The van der Waals surface area contributed by atoms with Gasteiger partial charge in [-0.15, -0.1) is 11.3 Å². The van der Waals surface area contributed by atoms with E-state index in [4.69, 9.17) is 5.14 Å². The zero-order valence-corrected chi connectivity index (χ0v) is 14.4. The molecule has 0 aliphatic carbocycles. The molecule has 0 bridgehead atoms. The molecule has 0 saturated carbocycles. The minimum Gasteiger partial charge on any atom is -0.335 e. The first-order valence-electron chi connectivity index (χ1n) is 7.05. The summed E-state index contributed by atoms with van der Waals surface area (Å²) in [5.41, 5.74) is 0. The zero-order valence-electron chi connectivity index (χ0n) is 12.8. The van der Waals surface area contributed by atoms with Crippen LogP contribution in [0.5, 0.6) is 0 Å². The first kappa shape index (κ1) is 16.5. The standard InChI is InChI=1S/C14H22N2O3S2/c1-8-5-9(2)10(3)16(7-8)14(17)12-6-13(11(4)20-12)21(15,18)19/h6,8-10H,5,7H2,1-4H3,(H2,15,18,19). The summed E-state index contributed by atoms with van der Waals surface area (Å²) in [6, 6.07) is 1.57. The highest BCUT2D eigenvalue weighted by atomic mass is 32.2. The number of thiophene rings is 1. The summed E-state index contributed by atoms with van der Waals surface area (Å²) in [4.78, 5) is 15.6. The molecule has 0 radical (unpaired) electrons. The predicted molar refractivity (Wildman–Crippen MR) is 83.9 cm³/mol. The van der Waals surface area contributed by atoms with Gasteiger partial charge in [0.25, 0.3) is 5.91 Å². The molecular formula is C14H22N2O3S2. The van der Waals surface area contributed by atoms with Crippen LogP contribution in [0.15, 0.2) is 11.0 Å². The van der Waals surface area contributed by atoms with E-state index in [-0.39, 0.29) is 16.8 Å². The Morgan fingerprint density at radius 1 is 1.38 bits per heavy atom. The van der Waals surface area contributed by atoms with E-state index in [0.717, 1.165) is 6.42 Å². The molecule has 1 aliphatic rings. The van der Waals surface area contributed by atoms with Crippen LogP contribution in [0.1, 0.15) is 41.7 Å². The van der Waals surface area contributed by atoms with Crippen molar-refractivity contribution in [2.75, 3.05) is 6.54 Å². The summed E-state index contributed by atoms with van der Waals surface area (Å²) < 4.78 is 23.0. The Morgan fingerprint density at radius 3 is 2.52 bits per heavy atom. The molecule has 2 rings (SSSR count). The molecule has 3 unspecified atom stereocenters. The normalized spacial score (nSPS) is 26.9. The molecule has 1 fully saturated rings. The first-order valence-corrected chi connectivity index (χ1v) is 9.41. The summed E-state index contributed by atoms with van der Waals surface area (Å²) >= 11 is 1.20. The molecule has 5 nitrogen and oxygen atoms in total. The number of likely N-dealkylation sites (tertiary alicyclic amines) is 1. The number of primary sulfonamides is 1. The second-order valence-corrected chi connectivity index (χ2v) is 8.88. The van der Waals surface area contributed by atoms with Gasteiger partial charge in [-0.1, -0.05) is 13.8 Å². The van der Waals surface area contributed by atoms with E-state index in [1.807, 2.05) is 4.90 Å². The molecule has 1 saturated heterocycles. The number of rotatable bonds is 2. The van der Waals surface area contributed by atoms with Crippen molar-refractivity contribution in [1.82, 2.24) is 4.90 Å². The SMILES string of the molecule is Cc1sc(C(=O)N2CC(C)CC(C)C2C)cc1S(N)(=O)=O. The topological polar surface area (TPSA) is 80.5 Å². The fraction of sp³-hybridized carbons (Fsp3) is 0.643. The Morgan fingerprint density at radius 2 is 2.00 bits per heavy atom. The van der Waals surface area contributed by atoms with Crippen LogP contribution in [-0.4, -0.2) is 31.8 Å². The van der Waals surface area contributed by atoms with Crippen LogP contribution in [0.25, 0.3) is 0 Å². The molecule has 7 heteroatoms. The largest absolute Gasteiger partial charge is 0.335 e. The van der Waals surface area contributed by atoms with Crippen molar-refractivity contribution in [1.29, 1.82) is 0 Å². The van der Waals surface area contributed by atoms with Crippen molar-refractivity contribution < 1.29 is 13.2 Å². The number of piperidine rings is 1. The van der Waals surface area contributed by atoms with Crippen LogP contribution >= 0.6 is 11.3 Å². The lowest BCUT2D eigenvalue weighted by Crippen LogP contribution is -2.48. The van der Waals surface area contributed by atoms with Crippen LogP contribution < -0.4 is 5.14 Å². The van der Waals surface area contributed by atoms with E-state index in [9.17, 15) is 13.2 Å². The van der Waals surface area contributed by atoms with Gasteiger partial charge in [-0.05, 0) is 38.2 Å². The average Bonchev–Trinajstić information content (AvgIpc) is 2.75. The lowest BCUT2D eigenvalue weighted by Gasteiger charge is -2.40. The summed E-state index contributed by atoms with van der Waals surface area (Å²) in [6.45, 7) is 8.72. The molecular weight excluding hydrogens is 308 g/mol. The number of hydrogen-bond donors (Lipinski definition) is 1. The fourth-order valence-electron chi connectivity index (χ4n) is 2.98. The number of carbonyl (C=O) groups is 1. The van der Waals surface area contributed by atoms with Crippen molar-refractivity contribution in [3.8, 4) is 0 Å². The number of amides is 1. The van der Waals surface area contributed by atoms with Gasteiger partial charge in [-0.25, -0.2) is 13.6 Å². The lowest BCUT2D eigenvalue weighted by molar-refractivity contribution is 0.0460. The molecule has 1 aromatic heterocycles. The molecule has 2 heterocycles. The maximum Gasteiger partial charge on any atom is 0.264 e.